The van der Waals surface area contributed by atoms with Crippen molar-refractivity contribution < 1.29 is 12.8 Å². The van der Waals surface area contributed by atoms with Crippen LogP contribution >= 0.6 is 0 Å². The van der Waals surface area contributed by atoms with Gasteiger partial charge in [0.2, 0.25) is 5.95 Å². The molecule has 108 valence electrons. The van der Waals surface area contributed by atoms with Gasteiger partial charge in [-0.25, -0.2) is 13.4 Å². The van der Waals surface area contributed by atoms with E-state index in [9.17, 15) is 12.8 Å². The number of hydrogen-bond acceptors (Lipinski definition) is 4. The van der Waals surface area contributed by atoms with E-state index in [4.69, 9.17) is 0 Å². The zero-order valence-electron chi connectivity index (χ0n) is 11.1. The van der Waals surface area contributed by atoms with Crippen LogP contribution in [-0.4, -0.2) is 31.7 Å². The third-order valence-electron chi connectivity index (χ3n) is 4.33. The van der Waals surface area contributed by atoms with Crippen molar-refractivity contribution in [3.63, 3.8) is 0 Å². The SMILES string of the molecule is O=S1(=O)c2ccc(-c3ccc(F)nc3)cc2C2CNCC21. The molecule has 0 radical (unpaired) electrons. The third kappa shape index (κ3) is 1.82. The van der Waals surface area contributed by atoms with E-state index in [0.29, 0.717) is 18.0 Å². The molecule has 1 N–H and O–H groups in total. The molecule has 1 aromatic carbocycles. The van der Waals surface area contributed by atoms with Crippen LogP contribution in [0.2, 0.25) is 0 Å². The number of sulfone groups is 1. The Morgan fingerprint density at radius 3 is 2.71 bits per heavy atom. The minimum Gasteiger partial charge on any atom is -0.315 e. The Bertz CT molecular complexity index is 818. The molecular formula is C15H13FN2O2S. The fraction of sp³-hybridized carbons (Fsp3) is 0.267. The van der Waals surface area contributed by atoms with Crippen LogP contribution in [0.4, 0.5) is 4.39 Å². The lowest BCUT2D eigenvalue weighted by Gasteiger charge is -2.08. The van der Waals surface area contributed by atoms with Crippen LogP contribution in [0, 0.1) is 5.95 Å². The fourth-order valence-electron chi connectivity index (χ4n) is 3.28. The molecule has 2 aromatic rings. The first-order valence-electron chi connectivity index (χ1n) is 6.78. The van der Waals surface area contributed by atoms with Gasteiger partial charge in [-0.05, 0) is 35.4 Å². The van der Waals surface area contributed by atoms with Crippen molar-refractivity contribution >= 4 is 9.84 Å². The lowest BCUT2D eigenvalue weighted by atomic mass is 9.95. The first-order valence-corrected chi connectivity index (χ1v) is 8.32. The molecule has 4 nitrogen and oxygen atoms in total. The Morgan fingerprint density at radius 2 is 1.95 bits per heavy atom. The van der Waals surface area contributed by atoms with Gasteiger partial charge in [-0.3, -0.25) is 0 Å². The molecule has 2 atom stereocenters. The lowest BCUT2D eigenvalue weighted by molar-refractivity contribution is 0.584. The van der Waals surface area contributed by atoms with Crippen molar-refractivity contribution in [2.45, 2.75) is 16.1 Å². The second kappa shape index (κ2) is 4.35. The quantitative estimate of drug-likeness (QED) is 0.815. The summed E-state index contributed by atoms with van der Waals surface area (Å²) in [7, 11) is -3.23. The molecule has 0 amide bonds. The Kier molecular flexibility index (Phi) is 2.68. The average Bonchev–Trinajstić information content (AvgIpc) is 3.03. The number of hydrogen-bond donors (Lipinski definition) is 1. The second-order valence-corrected chi connectivity index (χ2v) is 7.61. The predicted octanol–water partition coefficient (Wildman–Crippen LogP) is 1.73. The summed E-state index contributed by atoms with van der Waals surface area (Å²) in [5.41, 5.74) is 2.52. The van der Waals surface area contributed by atoms with Crippen LogP contribution in [-0.2, 0) is 9.84 Å². The largest absolute Gasteiger partial charge is 0.315 e. The van der Waals surface area contributed by atoms with Gasteiger partial charge in [0.25, 0.3) is 0 Å². The standard InChI is InChI=1S/C15H13FN2O2S/c16-15-4-2-10(6-18-15)9-1-3-13-11(5-9)12-7-17-8-14(12)21(13,19)20/h1-6,12,14,17H,7-8H2. The van der Waals surface area contributed by atoms with Crippen LogP contribution in [0.25, 0.3) is 11.1 Å². The van der Waals surface area contributed by atoms with E-state index >= 15 is 0 Å². The Balaban J connectivity index is 1.86. The summed E-state index contributed by atoms with van der Waals surface area (Å²) in [6.45, 7) is 1.19. The van der Waals surface area contributed by atoms with Gasteiger partial charge in [-0.1, -0.05) is 6.07 Å². The van der Waals surface area contributed by atoms with Gasteiger partial charge in [0.1, 0.15) is 0 Å². The Morgan fingerprint density at radius 1 is 1.14 bits per heavy atom. The van der Waals surface area contributed by atoms with Gasteiger partial charge >= 0.3 is 0 Å². The topological polar surface area (TPSA) is 59.1 Å². The van der Waals surface area contributed by atoms with E-state index in [1.807, 2.05) is 6.07 Å². The highest BCUT2D eigenvalue weighted by atomic mass is 32.2. The maximum atomic E-state index is 12.9. The minimum atomic E-state index is -3.23. The number of aromatic nitrogens is 1. The Labute approximate surface area is 121 Å². The van der Waals surface area contributed by atoms with E-state index in [1.54, 1.807) is 18.2 Å². The average molecular weight is 304 g/mol. The normalized spacial score (nSPS) is 25.6. The van der Waals surface area contributed by atoms with Crippen molar-refractivity contribution in [3.8, 4) is 11.1 Å². The number of rotatable bonds is 1. The Hall–Kier alpha value is -1.79. The van der Waals surface area contributed by atoms with Gasteiger partial charge < -0.3 is 5.32 Å². The second-order valence-electron chi connectivity index (χ2n) is 5.47. The predicted molar refractivity (Wildman–Crippen MR) is 76.2 cm³/mol. The van der Waals surface area contributed by atoms with Crippen LogP contribution in [0.15, 0.2) is 41.4 Å². The number of benzene rings is 1. The molecule has 2 aliphatic heterocycles. The summed E-state index contributed by atoms with van der Waals surface area (Å²) in [4.78, 5) is 4.09. The molecule has 3 heterocycles. The molecule has 0 aliphatic carbocycles. The van der Waals surface area contributed by atoms with Gasteiger partial charge in [0, 0.05) is 30.8 Å². The van der Waals surface area contributed by atoms with Gasteiger partial charge in [0.15, 0.2) is 9.84 Å². The molecule has 0 saturated carbocycles. The van der Waals surface area contributed by atoms with Crippen LogP contribution in [0.3, 0.4) is 0 Å². The van der Waals surface area contributed by atoms with Gasteiger partial charge in [0.05, 0.1) is 10.1 Å². The molecule has 21 heavy (non-hydrogen) atoms. The molecule has 4 rings (SSSR count). The third-order valence-corrected chi connectivity index (χ3v) is 6.61. The molecule has 0 bridgehead atoms. The highest BCUT2D eigenvalue weighted by Gasteiger charge is 2.47. The zero-order valence-corrected chi connectivity index (χ0v) is 11.9. The van der Waals surface area contributed by atoms with Gasteiger partial charge in [-0.15, -0.1) is 0 Å². The number of nitrogens with one attached hydrogen (secondary N) is 1. The molecule has 2 aliphatic rings. The maximum absolute atomic E-state index is 12.9. The molecule has 1 saturated heterocycles. The van der Waals surface area contributed by atoms with E-state index in [1.165, 1.54) is 12.3 Å². The van der Waals surface area contributed by atoms with E-state index < -0.39 is 15.8 Å². The molecule has 0 spiro atoms. The molecular weight excluding hydrogens is 291 g/mol. The maximum Gasteiger partial charge on any atom is 0.212 e. The fourth-order valence-corrected chi connectivity index (χ4v) is 5.41. The van der Waals surface area contributed by atoms with E-state index in [2.05, 4.69) is 10.3 Å². The first-order chi connectivity index (χ1) is 10.1. The summed E-state index contributed by atoms with van der Waals surface area (Å²) in [5, 5.41) is 2.79. The molecule has 6 heteroatoms. The summed E-state index contributed by atoms with van der Waals surface area (Å²) < 4.78 is 37.8. The summed E-state index contributed by atoms with van der Waals surface area (Å²) in [6, 6.07) is 8.29. The van der Waals surface area contributed by atoms with Crippen LogP contribution in [0.1, 0.15) is 11.5 Å². The van der Waals surface area contributed by atoms with Gasteiger partial charge in [-0.2, -0.15) is 4.39 Å². The highest BCUT2D eigenvalue weighted by molar-refractivity contribution is 7.92. The summed E-state index contributed by atoms with van der Waals surface area (Å²) >= 11 is 0. The first kappa shape index (κ1) is 12.9. The van der Waals surface area contributed by atoms with Crippen molar-refractivity contribution in [1.29, 1.82) is 0 Å². The highest BCUT2D eigenvalue weighted by Crippen LogP contribution is 2.43. The van der Waals surface area contributed by atoms with E-state index in [-0.39, 0.29) is 11.2 Å². The zero-order chi connectivity index (χ0) is 14.6. The lowest BCUT2D eigenvalue weighted by Crippen LogP contribution is -2.22. The number of fused-ring (bicyclic) bond motifs is 3. The monoisotopic (exact) mass is 304 g/mol. The van der Waals surface area contributed by atoms with Crippen LogP contribution in [0.5, 0.6) is 0 Å². The minimum absolute atomic E-state index is 0.0124. The number of halogens is 1. The molecule has 1 fully saturated rings. The van der Waals surface area contributed by atoms with Crippen LogP contribution < -0.4 is 5.32 Å². The summed E-state index contributed by atoms with van der Waals surface area (Å²) in [6.07, 6.45) is 1.46. The van der Waals surface area contributed by atoms with Crippen molar-refractivity contribution in [1.82, 2.24) is 10.3 Å². The van der Waals surface area contributed by atoms with E-state index in [0.717, 1.165) is 16.7 Å². The molecule has 2 unspecified atom stereocenters. The summed E-state index contributed by atoms with van der Waals surface area (Å²) in [5.74, 6) is -0.513. The van der Waals surface area contributed by atoms with Crippen molar-refractivity contribution in [2.75, 3.05) is 13.1 Å². The molecule has 1 aromatic heterocycles. The number of nitrogens with zero attached hydrogens (tertiary/aromatic N) is 1. The number of pyridine rings is 1. The van der Waals surface area contributed by atoms with Crippen molar-refractivity contribution in [3.05, 3.63) is 48.0 Å². The smallest absolute Gasteiger partial charge is 0.212 e. The van der Waals surface area contributed by atoms with Crippen molar-refractivity contribution in [2.24, 2.45) is 0 Å².